The molecule has 0 saturated heterocycles. The van der Waals surface area contributed by atoms with Gasteiger partial charge in [-0.05, 0) is 32.2 Å². The van der Waals surface area contributed by atoms with Crippen molar-refractivity contribution in [1.82, 2.24) is 4.90 Å². The van der Waals surface area contributed by atoms with Crippen LogP contribution in [0.5, 0.6) is 0 Å². The topological polar surface area (TPSA) is 141 Å². The van der Waals surface area contributed by atoms with Crippen molar-refractivity contribution in [2.75, 3.05) is 31.2 Å². The van der Waals surface area contributed by atoms with Crippen molar-refractivity contribution in [2.45, 2.75) is 13.8 Å². The summed E-state index contributed by atoms with van der Waals surface area (Å²) in [6.45, 7) is 2.70. The predicted molar refractivity (Wildman–Crippen MR) is 86.3 cm³/mol. The molecule has 0 aliphatic rings. The summed E-state index contributed by atoms with van der Waals surface area (Å²) in [4.78, 5) is 24.3. The maximum absolute atomic E-state index is 11.6. The van der Waals surface area contributed by atoms with E-state index >= 15 is 0 Å². The number of esters is 1. The van der Waals surface area contributed by atoms with Gasteiger partial charge in [0.1, 0.15) is 5.57 Å². The Labute approximate surface area is 143 Å². The average molecular weight is 382 g/mol. The van der Waals surface area contributed by atoms with Crippen molar-refractivity contribution < 1.29 is 36.1 Å². The van der Waals surface area contributed by atoms with Crippen LogP contribution in [-0.2, 0) is 35.5 Å². The highest BCUT2D eigenvalue weighted by molar-refractivity contribution is 7.85. The molecule has 0 aliphatic heterocycles. The Morgan fingerprint density at radius 2 is 1.96 bits per heavy atom. The second-order valence-corrected chi connectivity index (χ2v) is 7.12. The number of carbonyl (C=O) groups excluding carboxylic acids is 2. The van der Waals surface area contributed by atoms with Crippen LogP contribution in [0.2, 0.25) is 0 Å². The summed E-state index contributed by atoms with van der Waals surface area (Å²) in [5.74, 6) is -2.15. The fourth-order valence-electron chi connectivity index (χ4n) is 1.48. The number of carbonyl (C=O) groups is 2. The van der Waals surface area contributed by atoms with E-state index < -0.39 is 38.7 Å². The van der Waals surface area contributed by atoms with Crippen LogP contribution in [0.1, 0.15) is 13.8 Å². The Hall–Kier alpha value is -1.56. The molecule has 0 aliphatic carbocycles. The number of rotatable bonds is 11. The van der Waals surface area contributed by atoms with Crippen LogP contribution in [0.3, 0.4) is 0 Å². The molecule has 24 heavy (non-hydrogen) atoms. The lowest BCUT2D eigenvalue weighted by Crippen LogP contribution is -2.28. The van der Waals surface area contributed by atoms with Crippen LogP contribution in [0.15, 0.2) is 23.9 Å². The third-order valence-electron chi connectivity index (χ3n) is 2.62. The number of nitrogens with zero attached hydrogens (tertiary/aromatic N) is 1. The Balaban J connectivity index is 5.09. The maximum Gasteiger partial charge on any atom is 0.341 e. The van der Waals surface area contributed by atoms with Crippen molar-refractivity contribution in [3.05, 3.63) is 23.9 Å². The molecular weight excluding hydrogens is 362 g/mol. The molecule has 0 spiro atoms. The van der Waals surface area contributed by atoms with E-state index in [2.05, 4.69) is 0 Å². The molecule has 1 N–H and O–H groups in total. The maximum atomic E-state index is 11.6. The molecular formula is C13H20NO8S2-. The second-order valence-electron chi connectivity index (χ2n) is 4.53. The van der Waals surface area contributed by atoms with Gasteiger partial charge in [-0.3, -0.25) is 13.6 Å². The largest absolute Gasteiger partial charge is 0.772 e. The van der Waals surface area contributed by atoms with Gasteiger partial charge in [0.25, 0.3) is 10.1 Å². The fraction of sp³-hybridized carbons (Fsp3) is 0.538. The highest BCUT2D eigenvalue weighted by Crippen LogP contribution is 2.02. The minimum atomic E-state index is -4.21. The minimum Gasteiger partial charge on any atom is -0.772 e. The van der Waals surface area contributed by atoms with E-state index in [0.29, 0.717) is 0 Å². The van der Waals surface area contributed by atoms with Gasteiger partial charge in [-0.1, -0.05) is 11.1 Å². The standard InChI is InChI=1S/C13H21NO8S2/c1-3-22-13(16)12(11(2)15)5-4-6-14(7-9-23(17)18)8-10-24(19,20)21/h4-6H,3,7-10H2,1-2H3,(H,17,18)(H,19,20,21)/p-1. The molecule has 0 amide bonds. The minimum absolute atomic E-state index is 0.0230. The zero-order valence-corrected chi connectivity index (χ0v) is 15.0. The van der Waals surface area contributed by atoms with Gasteiger partial charge in [-0.25, -0.2) is 4.79 Å². The summed E-state index contributed by atoms with van der Waals surface area (Å²) in [7, 11) is -4.21. The number of ether oxygens (including phenoxy) is 1. The lowest BCUT2D eigenvalue weighted by molar-refractivity contribution is -0.139. The van der Waals surface area contributed by atoms with Crippen molar-refractivity contribution in [3.63, 3.8) is 0 Å². The molecule has 0 aromatic carbocycles. The van der Waals surface area contributed by atoms with Gasteiger partial charge in [-0.15, -0.1) is 0 Å². The van der Waals surface area contributed by atoms with E-state index in [0.717, 1.165) is 0 Å². The van der Waals surface area contributed by atoms with E-state index in [1.54, 1.807) is 6.92 Å². The van der Waals surface area contributed by atoms with Crippen molar-refractivity contribution in [1.29, 1.82) is 0 Å². The first-order valence-electron chi connectivity index (χ1n) is 6.88. The molecule has 138 valence electrons. The zero-order valence-electron chi connectivity index (χ0n) is 13.3. The lowest BCUT2D eigenvalue weighted by atomic mass is 10.2. The third kappa shape index (κ3) is 11.0. The SMILES string of the molecule is CCOC(=O)C(=CC=CN(CCS(=O)[O-])CCS(=O)(=O)O)C(C)=O. The number of allylic oxidation sites excluding steroid dienone is 2. The van der Waals surface area contributed by atoms with Gasteiger partial charge in [0.05, 0.1) is 12.4 Å². The first-order chi connectivity index (χ1) is 11.1. The quantitative estimate of drug-likeness (QED) is 0.0964. The summed E-state index contributed by atoms with van der Waals surface area (Å²) in [6.07, 6.45) is 3.81. The molecule has 11 heteroatoms. The van der Waals surface area contributed by atoms with E-state index in [-0.39, 0.29) is 31.0 Å². The fourth-order valence-corrected chi connectivity index (χ4v) is 2.33. The number of hydrogen-bond donors (Lipinski definition) is 1. The van der Waals surface area contributed by atoms with Crippen molar-refractivity contribution in [2.24, 2.45) is 0 Å². The predicted octanol–water partition coefficient (Wildman–Crippen LogP) is -0.352. The molecule has 0 fully saturated rings. The Morgan fingerprint density at radius 3 is 2.42 bits per heavy atom. The van der Waals surface area contributed by atoms with E-state index in [1.165, 1.54) is 30.2 Å². The second kappa shape index (κ2) is 11.1. The van der Waals surface area contributed by atoms with Crippen LogP contribution < -0.4 is 0 Å². The number of hydrogen-bond acceptors (Lipinski definition) is 8. The van der Waals surface area contributed by atoms with Crippen molar-refractivity contribution in [3.8, 4) is 0 Å². The van der Waals surface area contributed by atoms with Crippen LogP contribution in [0, 0.1) is 0 Å². The monoisotopic (exact) mass is 382 g/mol. The number of Topliss-reactive ketones (excluding diaryl/α,β-unsaturated/α-hetero) is 1. The first-order valence-corrected chi connectivity index (χ1v) is 9.73. The highest BCUT2D eigenvalue weighted by atomic mass is 32.2. The summed E-state index contributed by atoms with van der Waals surface area (Å²) < 4.78 is 56.2. The summed E-state index contributed by atoms with van der Waals surface area (Å²) >= 11 is -2.32. The van der Waals surface area contributed by atoms with Gasteiger partial charge in [0.15, 0.2) is 5.78 Å². The van der Waals surface area contributed by atoms with E-state index in [9.17, 15) is 26.8 Å². The molecule has 0 aromatic heterocycles. The van der Waals surface area contributed by atoms with E-state index in [1.807, 2.05) is 0 Å². The van der Waals surface area contributed by atoms with Gasteiger partial charge < -0.3 is 14.2 Å². The first kappa shape index (κ1) is 22.4. The van der Waals surface area contributed by atoms with Crippen LogP contribution in [-0.4, -0.2) is 69.6 Å². The van der Waals surface area contributed by atoms with Crippen LogP contribution >= 0.6 is 0 Å². The van der Waals surface area contributed by atoms with Gasteiger partial charge in [0.2, 0.25) is 0 Å². The zero-order chi connectivity index (χ0) is 18.8. The third-order valence-corrected chi connectivity index (χ3v) is 3.83. The normalized spacial score (nSPS) is 13.8. The highest BCUT2D eigenvalue weighted by Gasteiger charge is 2.14. The molecule has 0 radical (unpaired) electrons. The molecule has 9 nitrogen and oxygen atoms in total. The smallest absolute Gasteiger partial charge is 0.341 e. The van der Waals surface area contributed by atoms with Crippen LogP contribution in [0.25, 0.3) is 0 Å². The van der Waals surface area contributed by atoms with E-state index in [4.69, 9.17) is 9.29 Å². The molecule has 0 saturated carbocycles. The lowest BCUT2D eigenvalue weighted by Gasteiger charge is -2.20. The average Bonchev–Trinajstić information content (AvgIpc) is 2.43. The molecule has 0 rings (SSSR count). The Bertz CT molecular complexity index is 624. The molecule has 1 unspecified atom stereocenters. The summed E-state index contributed by atoms with van der Waals surface area (Å²) in [6, 6.07) is 0. The van der Waals surface area contributed by atoms with Crippen LogP contribution in [0.4, 0.5) is 0 Å². The van der Waals surface area contributed by atoms with Crippen molar-refractivity contribution >= 4 is 33.0 Å². The Kier molecular flexibility index (Phi) is 10.4. The van der Waals surface area contributed by atoms with Gasteiger partial charge in [0, 0.05) is 18.8 Å². The van der Waals surface area contributed by atoms with Gasteiger partial charge in [-0.2, -0.15) is 8.42 Å². The molecule has 1 atom stereocenters. The van der Waals surface area contributed by atoms with Gasteiger partial charge >= 0.3 is 5.97 Å². The molecule has 0 bridgehead atoms. The Morgan fingerprint density at radius 1 is 1.33 bits per heavy atom. The summed E-state index contributed by atoms with van der Waals surface area (Å²) in [5, 5.41) is 0. The summed E-state index contributed by atoms with van der Waals surface area (Å²) in [5.41, 5.74) is -0.199. The molecule has 0 aromatic rings. The number of ketones is 1. The molecule has 0 heterocycles.